The number of ketones is 2. The van der Waals surface area contributed by atoms with Crippen LogP contribution in [0.15, 0.2) is 60.7 Å². The number of aromatic hydroxyl groups is 1. The Kier molecular flexibility index (Phi) is 3.69. The zero-order valence-corrected chi connectivity index (χ0v) is 13.9. The van der Waals surface area contributed by atoms with E-state index in [-0.39, 0.29) is 34.2 Å². The molecule has 0 heterocycles. The monoisotopic (exact) mass is 345 g/mol. The van der Waals surface area contributed by atoms with E-state index in [1.54, 1.807) is 43.4 Å². The molecule has 3 aromatic carbocycles. The van der Waals surface area contributed by atoms with Crippen molar-refractivity contribution in [3.05, 3.63) is 82.9 Å². The molecule has 4 rings (SSSR count). The zero-order chi connectivity index (χ0) is 18.3. The van der Waals surface area contributed by atoms with E-state index < -0.39 is 0 Å². The number of rotatable bonds is 3. The number of carbonyl (C=O) groups excluding carboxylic acids is 2. The van der Waals surface area contributed by atoms with Crippen LogP contribution in [0.1, 0.15) is 31.8 Å². The molecule has 128 valence electrons. The molecule has 0 saturated carbocycles. The highest BCUT2D eigenvalue weighted by Crippen LogP contribution is 2.43. The molecule has 0 fully saturated rings. The molecule has 0 saturated heterocycles. The molecule has 3 aromatic rings. The van der Waals surface area contributed by atoms with Gasteiger partial charge >= 0.3 is 0 Å². The Balaban J connectivity index is 1.93. The van der Waals surface area contributed by atoms with Crippen LogP contribution in [-0.2, 0) is 0 Å². The Morgan fingerprint density at radius 3 is 2.04 bits per heavy atom. The number of hydrogen-bond donors (Lipinski definition) is 2. The zero-order valence-electron chi connectivity index (χ0n) is 13.9. The molecule has 0 atom stereocenters. The first-order valence-corrected chi connectivity index (χ1v) is 8.11. The molecule has 0 amide bonds. The van der Waals surface area contributed by atoms with Crippen LogP contribution in [0.2, 0.25) is 0 Å². The van der Waals surface area contributed by atoms with E-state index in [0.29, 0.717) is 22.6 Å². The van der Waals surface area contributed by atoms with Crippen molar-refractivity contribution < 1.29 is 19.4 Å². The van der Waals surface area contributed by atoms with Gasteiger partial charge in [0.05, 0.1) is 16.8 Å². The molecular weight excluding hydrogens is 330 g/mol. The van der Waals surface area contributed by atoms with Crippen molar-refractivity contribution >= 4 is 17.3 Å². The fraction of sp³-hybridized carbons (Fsp3) is 0.0476. The van der Waals surface area contributed by atoms with Crippen molar-refractivity contribution in [1.82, 2.24) is 0 Å². The highest BCUT2D eigenvalue weighted by atomic mass is 16.5. The van der Waals surface area contributed by atoms with Gasteiger partial charge in [-0.25, -0.2) is 0 Å². The fourth-order valence-corrected chi connectivity index (χ4v) is 3.19. The maximum Gasteiger partial charge on any atom is 0.198 e. The van der Waals surface area contributed by atoms with Gasteiger partial charge in [-0.05, 0) is 12.1 Å². The summed E-state index contributed by atoms with van der Waals surface area (Å²) in [7, 11) is 1.64. The smallest absolute Gasteiger partial charge is 0.198 e. The molecule has 2 N–H and O–H groups in total. The van der Waals surface area contributed by atoms with E-state index in [4.69, 9.17) is 4.74 Å². The van der Waals surface area contributed by atoms with Crippen LogP contribution in [0.5, 0.6) is 17.2 Å². The summed E-state index contributed by atoms with van der Waals surface area (Å²) >= 11 is 0. The Morgan fingerprint density at radius 1 is 0.846 bits per heavy atom. The minimum atomic E-state index is -0.379. The SMILES string of the molecule is CNc1c(Oc2ccccc2)cc(O)c2c1C(=O)c1ccccc1C2=O. The first-order chi connectivity index (χ1) is 12.6. The molecule has 0 unspecified atom stereocenters. The van der Waals surface area contributed by atoms with Crippen molar-refractivity contribution in [2.24, 2.45) is 0 Å². The van der Waals surface area contributed by atoms with Gasteiger partial charge < -0.3 is 15.2 Å². The average Bonchev–Trinajstić information content (AvgIpc) is 2.66. The number of phenolic OH excluding ortho intramolecular Hbond substituents is 1. The van der Waals surface area contributed by atoms with Crippen molar-refractivity contribution in [2.75, 3.05) is 12.4 Å². The van der Waals surface area contributed by atoms with Crippen LogP contribution < -0.4 is 10.1 Å². The van der Waals surface area contributed by atoms with Crippen molar-refractivity contribution in [1.29, 1.82) is 0 Å². The van der Waals surface area contributed by atoms with E-state index >= 15 is 0 Å². The summed E-state index contributed by atoms with van der Waals surface area (Å²) < 4.78 is 5.83. The van der Waals surface area contributed by atoms with Gasteiger partial charge in [-0.15, -0.1) is 0 Å². The van der Waals surface area contributed by atoms with Gasteiger partial charge in [-0.1, -0.05) is 42.5 Å². The first-order valence-electron chi connectivity index (χ1n) is 8.11. The molecule has 1 aliphatic rings. The molecule has 0 bridgehead atoms. The van der Waals surface area contributed by atoms with Crippen molar-refractivity contribution in [3.8, 4) is 17.2 Å². The third-order valence-electron chi connectivity index (χ3n) is 4.36. The van der Waals surface area contributed by atoms with Gasteiger partial charge in [0.1, 0.15) is 11.5 Å². The topological polar surface area (TPSA) is 75.6 Å². The van der Waals surface area contributed by atoms with Gasteiger partial charge in [-0.2, -0.15) is 0 Å². The molecule has 1 aliphatic carbocycles. The summed E-state index contributed by atoms with van der Waals surface area (Å²) in [4.78, 5) is 25.9. The van der Waals surface area contributed by atoms with Gasteiger partial charge in [0.25, 0.3) is 0 Å². The van der Waals surface area contributed by atoms with Gasteiger partial charge in [0, 0.05) is 24.2 Å². The molecule has 26 heavy (non-hydrogen) atoms. The lowest BCUT2D eigenvalue weighted by atomic mass is 9.82. The largest absolute Gasteiger partial charge is 0.507 e. The maximum absolute atomic E-state index is 13.0. The molecule has 0 radical (unpaired) electrons. The number of nitrogens with one attached hydrogen (secondary N) is 1. The number of fused-ring (bicyclic) bond motifs is 2. The first kappa shape index (κ1) is 15.9. The van der Waals surface area contributed by atoms with Crippen LogP contribution in [0.25, 0.3) is 0 Å². The van der Waals surface area contributed by atoms with Crippen molar-refractivity contribution in [3.63, 3.8) is 0 Å². The third kappa shape index (κ3) is 2.33. The Bertz CT molecular complexity index is 1040. The average molecular weight is 345 g/mol. The number of para-hydroxylation sites is 1. The summed E-state index contributed by atoms with van der Waals surface area (Å²) in [5, 5.41) is 13.4. The van der Waals surface area contributed by atoms with E-state index in [1.807, 2.05) is 18.2 Å². The predicted molar refractivity (Wildman–Crippen MR) is 97.5 cm³/mol. The lowest BCUT2D eigenvalue weighted by Crippen LogP contribution is -2.22. The number of anilines is 1. The standard InChI is InChI=1S/C21H15NO4/c1-22-19-16(26-12-7-3-2-4-8-12)11-15(23)17-18(19)21(25)14-10-6-5-9-13(14)20(17)24/h2-11,22-23H,1H3. The fourth-order valence-electron chi connectivity index (χ4n) is 3.19. The minimum Gasteiger partial charge on any atom is -0.507 e. The van der Waals surface area contributed by atoms with E-state index in [9.17, 15) is 14.7 Å². The molecule has 0 aliphatic heterocycles. The Morgan fingerprint density at radius 2 is 1.42 bits per heavy atom. The summed E-state index contributed by atoms with van der Waals surface area (Å²) in [6, 6.07) is 17.0. The number of hydrogen-bond acceptors (Lipinski definition) is 5. The van der Waals surface area contributed by atoms with Gasteiger partial charge in [0.15, 0.2) is 17.3 Å². The molecule has 5 nitrogen and oxygen atoms in total. The predicted octanol–water partition coefficient (Wildman–Crippen LogP) is 4.00. The number of carbonyl (C=O) groups is 2. The third-order valence-corrected chi connectivity index (χ3v) is 4.36. The lowest BCUT2D eigenvalue weighted by molar-refractivity contribution is 0.0977. The lowest BCUT2D eigenvalue weighted by Gasteiger charge is -2.23. The molecular formula is C21H15NO4. The second-order valence-electron chi connectivity index (χ2n) is 5.89. The van der Waals surface area contributed by atoms with E-state index in [1.165, 1.54) is 6.07 Å². The molecule has 5 heteroatoms. The summed E-state index contributed by atoms with van der Waals surface area (Å²) in [6.07, 6.45) is 0. The summed E-state index contributed by atoms with van der Waals surface area (Å²) in [5.41, 5.74) is 1.10. The van der Waals surface area contributed by atoms with Crippen LogP contribution in [-0.4, -0.2) is 23.7 Å². The minimum absolute atomic E-state index is 0.00142. The van der Waals surface area contributed by atoms with Crippen LogP contribution in [0.3, 0.4) is 0 Å². The molecule has 0 aromatic heterocycles. The second-order valence-corrected chi connectivity index (χ2v) is 5.89. The number of phenols is 1. The van der Waals surface area contributed by atoms with Crippen LogP contribution in [0, 0.1) is 0 Å². The van der Waals surface area contributed by atoms with Crippen LogP contribution in [0.4, 0.5) is 5.69 Å². The number of benzene rings is 3. The van der Waals surface area contributed by atoms with Gasteiger partial charge in [0.2, 0.25) is 0 Å². The highest BCUT2D eigenvalue weighted by molar-refractivity contribution is 6.31. The molecule has 0 spiro atoms. The maximum atomic E-state index is 13.0. The summed E-state index contributed by atoms with van der Waals surface area (Å²) in [5.74, 6) is -0.157. The van der Waals surface area contributed by atoms with Crippen molar-refractivity contribution in [2.45, 2.75) is 0 Å². The van der Waals surface area contributed by atoms with E-state index in [0.717, 1.165) is 0 Å². The van der Waals surface area contributed by atoms with E-state index in [2.05, 4.69) is 5.32 Å². The number of ether oxygens (including phenoxy) is 1. The second kappa shape index (κ2) is 6.04. The highest BCUT2D eigenvalue weighted by Gasteiger charge is 2.35. The Hall–Kier alpha value is -3.60. The van der Waals surface area contributed by atoms with Gasteiger partial charge in [-0.3, -0.25) is 9.59 Å². The normalized spacial score (nSPS) is 12.3. The van der Waals surface area contributed by atoms with Crippen LogP contribution >= 0.6 is 0 Å². The Labute approximate surface area is 149 Å². The summed E-state index contributed by atoms with van der Waals surface area (Å²) in [6.45, 7) is 0. The quantitative estimate of drug-likeness (QED) is 0.549.